The second kappa shape index (κ2) is 7.51. The van der Waals surface area contributed by atoms with Crippen LogP contribution in [0.1, 0.15) is 27.3 Å². The van der Waals surface area contributed by atoms with E-state index in [1.165, 1.54) is 0 Å². The molecule has 6 heteroatoms. The van der Waals surface area contributed by atoms with Gasteiger partial charge in [0.1, 0.15) is 0 Å². The molecule has 0 aliphatic carbocycles. The SMILES string of the molecule is COCCn1c(C)cc(/C=N\NC(=O)c2ccncc2)c1C. The molecule has 2 aromatic heterocycles. The first kappa shape index (κ1) is 15.9. The van der Waals surface area contributed by atoms with Crippen LogP contribution in [0.2, 0.25) is 0 Å². The summed E-state index contributed by atoms with van der Waals surface area (Å²) in [7, 11) is 1.69. The van der Waals surface area contributed by atoms with Crippen LogP contribution in [-0.4, -0.2) is 35.4 Å². The van der Waals surface area contributed by atoms with Gasteiger partial charge in [-0.25, -0.2) is 5.43 Å². The van der Waals surface area contributed by atoms with Crippen molar-refractivity contribution in [3.05, 3.63) is 53.1 Å². The minimum Gasteiger partial charge on any atom is -0.383 e. The Labute approximate surface area is 129 Å². The highest BCUT2D eigenvalue weighted by Crippen LogP contribution is 2.13. The molecule has 0 aromatic carbocycles. The van der Waals surface area contributed by atoms with E-state index >= 15 is 0 Å². The number of nitrogens with one attached hydrogen (secondary N) is 1. The molecule has 1 N–H and O–H groups in total. The van der Waals surface area contributed by atoms with Crippen LogP contribution in [0, 0.1) is 13.8 Å². The van der Waals surface area contributed by atoms with Gasteiger partial charge in [-0.05, 0) is 32.0 Å². The van der Waals surface area contributed by atoms with Gasteiger partial charge in [-0.2, -0.15) is 5.10 Å². The summed E-state index contributed by atoms with van der Waals surface area (Å²) in [5.41, 5.74) is 6.25. The van der Waals surface area contributed by atoms with E-state index in [-0.39, 0.29) is 5.91 Å². The van der Waals surface area contributed by atoms with Gasteiger partial charge >= 0.3 is 0 Å². The largest absolute Gasteiger partial charge is 0.383 e. The molecule has 1 amide bonds. The van der Waals surface area contributed by atoms with Gasteiger partial charge in [-0.15, -0.1) is 0 Å². The lowest BCUT2D eigenvalue weighted by Crippen LogP contribution is -2.17. The molecule has 2 aromatic rings. The van der Waals surface area contributed by atoms with Gasteiger partial charge in [0, 0.05) is 48.6 Å². The minimum absolute atomic E-state index is 0.258. The molecule has 0 aliphatic rings. The Kier molecular flexibility index (Phi) is 5.43. The molecule has 0 saturated carbocycles. The molecule has 2 heterocycles. The smallest absolute Gasteiger partial charge is 0.271 e. The average molecular weight is 300 g/mol. The lowest BCUT2D eigenvalue weighted by molar-refractivity contribution is 0.0955. The van der Waals surface area contributed by atoms with E-state index in [0.29, 0.717) is 12.2 Å². The van der Waals surface area contributed by atoms with Crippen molar-refractivity contribution in [3.63, 3.8) is 0 Å². The zero-order chi connectivity index (χ0) is 15.9. The van der Waals surface area contributed by atoms with Crippen molar-refractivity contribution in [1.29, 1.82) is 0 Å². The number of pyridine rings is 1. The highest BCUT2D eigenvalue weighted by molar-refractivity contribution is 5.94. The summed E-state index contributed by atoms with van der Waals surface area (Å²) in [6.07, 6.45) is 4.80. The monoisotopic (exact) mass is 300 g/mol. The van der Waals surface area contributed by atoms with E-state index in [1.807, 2.05) is 19.9 Å². The van der Waals surface area contributed by atoms with Crippen LogP contribution in [0.25, 0.3) is 0 Å². The maximum absolute atomic E-state index is 11.9. The van der Waals surface area contributed by atoms with Crippen LogP contribution in [0.4, 0.5) is 0 Å². The van der Waals surface area contributed by atoms with Crippen molar-refractivity contribution >= 4 is 12.1 Å². The first-order valence-electron chi connectivity index (χ1n) is 7.02. The summed E-state index contributed by atoms with van der Waals surface area (Å²) in [6, 6.07) is 5.32. The second-order valence-electron chi connectivity index (χ2n) is 4.91. The number of ether oxygens (including phenoxy) is 1. The van der Waals surface area contributed by atoms with Crippen LogP contribution in [0.15, 0.2) is 35.7 Å². The summed E-state index contributed by atoms with van der Waals surface area (Å²) in [5.74, 6) is -0.258. The molecule has 0 unspecified atom stereocenters. The van der Waals surface area contributed by atoms with Gasteiger partial charge in [-0.3, -0.25) is 9.78 Å². The fourth-order valence-corrected chi connectivity index (χ4v) is 2.21. The van der Waals surface area contributed by atoms with Crippen LogP contribution in [0.5, 0.6) is 0 Å². The van der Waals surface area contributed by atoms with E-state index in [4.69, 9.17) is 4.74 Å². The van der Waals surface area contributed by atoms with Gasteiger partial charge in [0.25, 0.3) is 5.91 Å². The van der Waals surface area contributed by atoms with Crippen LogP contribution >= 0.6 is 0 Å². The van der Waals surface area contributed by atoms with Gasteiger partial charge in [0.15, 0.2) is 0 Å². The predicted octanol–water partition coefficient (Wildman–Crippen LogP) is 1.91. The molecule has 0 saturated heterocycles. The van der Waals surface area contributed by atoms with Crippen molar-refractivity contribution in [1.82, 2.24) is 15.0 Å². The Hall–Kier alpha value is -2.47. The molecule has 116 valence electrons. The number of hydrogen-bond acceptors (Lipinski definition) is 4. The number of carbonyl (C=O) groups excluding carboxylic acids is 1. The first-order valence-corrected chi connectivity index (χ1v) is 7.02. The molecule has 0 atom stereocenters. The number of hydrogen-bond donors (Lipinski definition) is 1. The zero-order valence-corrected chi connectivity index (χ0v) is 13.0. The Bertz CT molecular complexity index is 662. The molecule has 0 fully saturated rings. The molecule has 0 bridgehead atoms. The second-order valence-corrected chi connectivity index (χ2v) is 4.91. The number of hydrazone groups is 1. The summed E-state index contributed by atoms with van der Waals surface area (Å²) in [4.78, 5) is 15.7. The Morgan fingerprint density at radius 3 is 2.82 bits per heavy atom. The highest BCUT2D eigenvalue weighted by Gasteiger charge is 2.07. The Morgan fingerprint density at radius 2 is 2.14 bits per heavy atom. The number of amides is 1. The van der Waals surface area contributed by atoms with E-state index in [0.717, 1.165) is 23.5 Å². The molecule has 22 heavy (non-hydrogen) atoms. The van der Waals surface area contributed by atoms with Gasteiger partial charge in [0.05, 0.1) is 12.8 Å². The number of nitrogens with zero attached hydrogens (tertiary/aromatic N) is 3. The third kappa shape index (κ3) is 3.79. The highest BCUT2D eigenvalue weighted by atomic mass is 16.5. The van der Waals surface area contributed by atoms with Crippen molar-refractivity contribution in [2.24, 2.45) is 5.10 Å². The lowest BCUT2D eigenvalue weighted by atomic mass is 10.2. The quantitative estimate of drug-likeness (QED) is 0.654. The number of aryl methyl sites for hydroxylation is 1. The topological polar surface area (TPSA) is 68.5 Å². The molecule has 2 rings (SSSR count). The number of methoxy groups -OCH3 is 1. The van der Waals surface area contributed by atoms with E-state index < -0.39 is 0 Å². The summed E-state index contributed by atoms with van der Waals surface area (Å²) in [6.45, 7) is 5.52. The summed E-state index contributed by atoms with van der Waals surface area (Å²) in [5, 5.41) is 4.02. The van der Waals surface area contributed by atoms with E-state index in [9.17, 15) is 4.79 Å². The van der Waals surface area contributed by atoms with Crippen molar-refractivity contribution < 1.29 is 9.53 Å². The molecule has 0 spiro atoms. The first-order chi connectivity index (χ1) is 10.6. The molecular formula is C16H20N4O2. The molecule has 0 aliphatic heterocycles. The molecular weight excluding hydrogens is 280 g/mol. The number of aromatic nitrogens is 2. The maximum Gasteiger partial charge on any atom is 0.271 e. The number of rotatable bonds is 6. The third-order valence-electron chi connectivity index (χ3n) is 3.44. The summed E-state index contributed by atoms with van der Waals surface area (Å²) >= 11 is 0. The van der Waals surface area contributed by atoms with Gasteiger partial charge in [0.2, 0.25) is 0 Å². The average Bonchev–Trinajstić information content (AvgIpc) is 2.80. The fourth-order valence-electron chi connectivity index (χ4n) is 2.21. The number of carbonyl (C=O) groups is 1. The van der Waals surface area contributed by atoms with Crippen molar-refractivity contribution in [2.45, 2.75) is 20.4 Å². The Morgan fingerprint density at radius 1 is 1.41 bits per heavy atom. The summed E-state index contributed by atoms with van der Waals surface area (Å²) < 4.78 is 7.27. The minimum atomic E-state index is -0.258. The van der Waals surface area contributed by atoms with Crippen LogP contribution in [0.3, 0.4) is 0 Å². The van der Waals surface area contributed by atoms with Gasteiger partial charge in [-0.1, -0.05) is 0 Å². The maximum atomic E-state index is 11.9. The van der Waals surface area contributed by atoms with Gasteiger partial charge < -0.3 is 9.30 Å². The van der Waals surface area contributed by atoms with Crippen LogP contribution < -0.4 is 5.43 Å². The normalized spacial score (nSPS) is 11.0. The van der Waals surface area contributed by atoms with Crippen LogP contribution in [-0.2, 0) is 11.3 Å². The standard InChI is InChI=1S/C16H20N4O2/c1-12-10-15(13(2)20(12)8-9-22-3)11-18-19-16(21)14-4-6-17-7-5-14/h4-7,10-11H,8-9H2,1-3H3,(H,19,21)/b18-11-. The fraction of sp³-hybridized carbons (Fsp3) is 0.312. The van der Waals surface area contributed by atoms with E-state index in [1.54, 1.807) is 37.9 Å². The molecule has 6 nitrogen and oxygen atoms in total. The lowest BCUT2D eigenvalue weighted by Gasteiger charge is -2.08. The zero-order valence-electron chi connectivity index (χ0n) is 13.0. The molecule has 0 radical (unpaired) electrons. The van der Waals surface area contributed by atoms with Crippen molar-refractivity contribution in [2.75, 3.05) is 13.7 Å². The predicted molar refractivity (Wildman–Crippen MR) is 85.1 cm³/mol. The Balaban J connectivity index is 2.03. The van der Waals surface area contributed by atoms with E-state index in [2.05, 4.69) is 20.1 Å². The third-order valence-corrected chi connectivity index (χ3v) is 3.44. The van der Waals surface area contributed by atoms with Crippen molar-refractivity contribution in [3.8, 4) is 0 Å².